The summed E-state index contributed by atoms with van der Waals surface area (Å²) in [5.41, 5.74) is 1.31. The van der Waals surface area contributed by atoms with E-state index in [4.69, 9.17) is 4.74 Å². The summed E-state index contributed by atoms with van der Waals surface area (Å²) in [6, 6.07) is 13.4. The lowest BCUT2D eigenvalue weighted by atomic mass is 10.1. The lowest BCUT2D eigenvalue weighted by Crippen LogP contribution is -2.32. The Morgan fingerprint density at radius 2 is 1.92 bits per heavy atom. The third kappa shape index (κ3) is 4.00. The standard InChI is InChI=1S/C19H18N2O4S/c1-12-11-26-19(24)21(12)10-17(22)25-13(2)18(23)20-16-8-7-14-5-3-4-6-15(14)9-16/h3-9,11,13H,10H2,1-2H3,(H,20,23)/t13-/m0/s1. The van der Waals surface area contributed by atoms with Gasteiger partial charge in [0.1, 0.15) is 6.54 Å². The van der Waals surface area contributed by atoms with Crippen LogP contribution in [0.1, 0.15) is 12.6 Å². The Morgan fingerprint density at radius 1 is 1.19 bits per heavy atom. The van der Waals surface area contributed by atoms with Gasteiger partial charge in [0, 0.05) is 16.8 Å². The van der Waals surface area contributed by atoms with Gasteiger partial charge in [-0.3, -0.25) is 19.0 Å². The number of fused-ring (bicyclic) bond motifs is 1. The topological polar surface area (TPSA) is 77.4 Å². The summed E-state index contributed by atoms with van der Waals surface area (Å²) in [7, 11) is 0. The van der Waals surface area contributed by atoms with Crippen LogP contribution in [0.2, 0.25) is 0 Å². The molecule has 26 heavy (non-hydrogen) atoms. The minimum atomic E-state index is -0.969. The maximum Gasteiger partial charge on any atom is 0.326 e. The number of rotatable bonds is 5. The first-order valence-electron chi connectivity index (χ1n) is 8.08. The Kier molecular flexibility index (Phi) is 5.18. The van der Waals surface area contributed by atoms with Crippen molar-refractivity contribution in [3.63, 3.8) is 0 Å². The number of benzene rings is 2. The zero-order valence-corrected chi connectivity index (χ0v) is 15.2. The van der Waals surface area contributed by atoms with Crippen molar-refractivity contribution in [2.24, 2.45) is 0 Å². The molecular formula is C19H18N2O4S. The van der Waals surface area contributed by atoms with E-state index in [0.717, 1.165) is 22.1 Å². The number of amides is 1. The summed E-state index contributed by atoms with van der Waals surface area (Å²) in [6.07, 6.45) is -0.969. The van der Waals surface area contributed by atoms with Crippen molar-refractivity contribution in [3.8, 4) is 0 Å². The molecular weight excluding hydrogens is 352 g/mol. The molecule has 2 aromatic carbocycles. The van der Waals surface area contributed by atoms with Gasteiger partial charge >= 0.3 is 10.8 Å². The van der Waals surface area contributed by atoms with Gasteiger partial charge in [0.15, 0.2) is 6.10 Å². The number of anilines is 1. The van der Waals surface area contributed by atoms with E-state index in [9.17, 15) is 14.4 Å². The van der Waals surface area contributed by atoms with Crippen molar-refractivity contribution in [2.45, 2.75) is 26.5 Å². The van der Waals surface area contributed by atoms with Crippen LogP contribution in [0, 0.1) is 6.92 Å². The number of nitrogens with zero attached hydrogens (tertiary/aromatic N) is 1. The first-order valence-corrected chi connectivity index (χ1v) is 8.96. The summed E-state index contributed by atoms with van der Waals surface area (Å²) < 4.78 is 6.47. The molecule has 7 heteroatoms. The molecule has 1 heterocycles. The van der Waals surface area contributed by atoms with E-state index >= 15 is 0 Å². The van der Waals surface area contributed by atoms with Crippen molar-refractivity contribution < 1.29 is 14.3 Å². The van der Waals surface area contributed by atoms with Gasteiger partial charge in [0.2, 0.25) is 0 Å². The number of carbonyl (C=O) groups is 2. The van der Waals surface area contributed by atoms with Gasteiger partial charge in [-0.2, -0.15) is 0 Å². The van der Waals surface area contributed by atoms with Gasteiger partial charge in [0.25, 0.3) is 5.91 Å². The van der Waals surface area contributed by atoms with Crippen LogP contribution in [0.3, 0.4) is 0 Å². The predicted molar refractivity (Wildman–Crippen MR) is 101 cm³/mol. The van der Waals surface area contributed by atoms with Gasteiger partial charge in [-0.25, -0.2) is 0 Å². The maximum absolute atomic E-state index is 12.3. The second kappa shape index (κ2) is 7.53. The Morgan fingerprint density at radius 3 is 2.62 bits per heavy atom. The first-order chi connectivity index (χ1) is 12.4. The highest BCUT2D eigenvalue weighted by atomic mass is 32.1. The Bertz CT molecular complexity index is 1020. The highest BCUT2D eigenvalue weighted by Gasteiger charge is 2.19. The minimum absolute atomic E-state index is 0.207. The maximum atomic E-state index is 12.3. The van der Waals surface area contributed by atoms with Crippen LogP contribution in [0.15, 0.2) is 52.6 Å². The fourth-order valence-corrected chi connectivity index (χ4v) is 3.26. The van der Waals surface area contributed by atoms with Crippen LogP contribution in [0.4, 0.5) is 5.69 Å². The highest BCUT2D eigenvalue weighted by Crippen LogP contribution is 2.19. The zero-order chi connectivity index (χ0) is 18.7. The molecule has 0 saturated heterocycles. The van der Waals surface area contributed by atoms with Crippen LogP contribution in [0.5, 0.6) is 0 Å². The number of ether oxygens (including phenoxy) is 1. The fraction of sp³-hybridized carbons (Fsp3) is 0.211. The summed E-state index contributed by atoms with van der Waals surface area (Å²) in [5, 5.41) is 6.48. The van der Waals surface area contributed by atoms with E-state index < -0.39 is 18.0 Å². The normalized spacial score (nSPS) is 11.9. The first kappa shape index (κ1) is 17.9. The summed E-state index contributed by atoms with van der Waals surface area (Å²) in [4.78, 5) is 35.7. The summed E-state index contributed by atoms with van der Waals surface area (Å²) in [5.74, 6) is -1.06. The Balaban J connectivity index is 1.61. The number of nitrogens with one attached hydrogen (secondary N) is 1. The van der Waals surface area contributed by atoms with Crippen LogP contribution in [0.25, 0.3) is 10.8 Å². The monoisotopic (exact) mass is 370 g/mol. The molecule has 1 N–H and O–H groups in total. The van der Waals surface area contributed by atoms with E-state index in [-0.39, 0.29) is 11.4 Å². The van der Waals surface area contributed by atoms with Gasteiger partial charge < -0.3 is 10.1 Å². The van der Waals surface area contributed by atoms with Crippen LogP contribution in [-0.4, -0.2) is 22.5 Å². The number of esters is 1. The van der Waals surface area contributed by atoms with E-state index in [1.54, 1.807) is 18.4 Å². The van der Waals surface area contributed by atoms with Crippen LogP contribution in [-0.2, 0) is 20.9 Å². The zero-order valence-electron chi connectivity index (χ0n) is 14.4. The molecule has 6 nitrogen and oxygen atoms in total. The van der Waals surface area contributed by atoms with Gasteiger partial charge in [-0.05, 0) is 36.8 Å². The molecule has 0 unspecified atom stereocenters. The molecule has 1 atom stereocenters. The number of aromatic nitrogens is 1. The molecule has 0 radical (unpaired) electrons. The molecule has 3 aromatic rings. The van der Waals surface area contributed by atoms with Gasteiger partial charge in [0.05, 0.1) is 0 Å². The van der Waals surface area contributed by atoms with Crippen molar-refractivity contribution in [3.05, 3.63) is 63.2 Å². The summed E-state index contributed by atoms with van der Waals surface area (Å²) in [6.45, 7) is 3.03. The smallest absolute Gasteiger partial charge is 0.326 e. The molecule has 3 rings (SSSR count). The quantitative estimate of drug-likeness (QED) is 0.701. The molecule has 0 aliphatic rings. The van der Waals surface area contributed by atoms with E-state index in [2.05, 4.69) is 5.32 Å². The van der Waals surface area contributed by atoms with Crippen molar-refractivity contribution >= 4 is 39.7 Å². The molecule has 0 spiro atoms. The number of hydrogen-bond donors (Lipinski definition) is 1. The minimum Gasteiger partial charge on any atom is -0.451 e. The third-order valence-corrected chi connectivity index (χ3v) is 4.84. The number of carbonyl (C=O) groups excluding carboxylic acids is 2. The average Bonchev–Trinajstić information content (AvgIpc) is 2.93. The van der Waals surface area contributed by atoms with Gasteiger partial charge in [-0.1, -0.05) is 41.7 Å². The van der Waals surface area contributed by atoms with E-state index in [0.29, 0.717) is 11.4 Å². The van der Waals surface area contributed by atoms with Crippen molar-refractivity contribution in [1.82, 2.24) is 4.57 Å². The average molecular weight is 370 g/mol. The van der Waals surface area contributed by atoms with Crippen molar-refractivity contribution in [1.29, 1.82) is 0 Å². The predicted octanol–water partition coefficient (Wildman–Crippen LogP) is 2.94. The summed E-state index contributed by atoms with van der Waals surface area (Å²) >= 11 is 1.02. The molecule has 134 valence electrons. The molecule has 0 bridgehead atoms. The Labute approximate surface area is 154 Å². The largest absolute Gasteiger partial charge is 0.451 e. The lowest BCUT2D eigenvalue weighted by Gasteiger charge is -2.14. The number of hydrogen-bond acceptors (Lipinski definition) is 5. The molecule has 1 amide bonds. The second-order valence-electron chi connectivity index (χ2n) is 5.91. The number of thiazole rings is 1. The highest BCUT2D eigenvalue weighted by molar-refractivity contribution is 7.07. The van der Waals surface area contributed by atoms with E-state index in [1.165, 1.54) is 11.5 Å². The SMILES string of the molecule is Cc1csc(=O)n1CC(=O)O[C@@H](C)C(=O)Nc1ccc2ccccc2c1. The van der Waals surface area contributed by atoms with E-state index in [1.807, 2.05) is 36.4 Å². The van der Waals surface area contributed by atoms with Crippen LogP contribution < -0.4 is 10.2 Å². The number of aryl methyl sites for hydroxylation is 1. The fourth-order valence-electron chi connectivity index (χ4n) is 2.52. The van der Waals surface area contributed by atoms with Crippen molar-refractivity contribution in [2.75, 3.05) is 5.32 Å². The molecule has 0 saturated carbocycles. The van der Waals surface area contributed by atoms with Gasteiger partial charge in [-0.15, -0.1) is 0 Å². The molecule has 1 aromatic heterocycles. The molecule has 0 aliphatic heterocycles. The third-order valence-electron chi connectivity index (χ3n) is 3.96. The van der Waals surface area contributed by atoms with Crippen LogP contribution >= 0.6 is 11.3 Å². The molecule has 0 aliphatic carbocycles. The Hall–Kier alpha value is -2.93. The lowest BCUT2D eigenvalue weighted by molar-refractivity contribution is -0.153. The second-order valence-corrected chi connectivity index (χ2v) is 6.73. The molecule has 0 fully saturated rings.